The normalized spacial score (nSPS) is 17.5. The van der Waals surface area contributed by atoms with Crippen LogP contribution in [0.3, 0.4) is 0 Å². The molecule has 0 spiro atoms. The summed E-state index contributed by atoms with van der Waals surface area (Å²) >= 11 is 0. The number of hydrogen-bond acceptors (Lipinski definition) is 3. The molecule has 16 heavy (non-hydrogen) atoms. The van der Waals surface area contributed by atoms with Crippen LogP contribution in [0.25, 0.3) is 0 Å². The van der Waals surface area contributed by atoms with Crippen LogP contribution in [0.2, 0.25) is 0 Å². The summed E-state index contributed by atoms with van der Waals surface area (Å²) in [6.07, 6.45) is 5.36. The predicted octanol–water partition coefficient (Wildman–Crippen LogP) is 1.27. The predicted molar refractivity (Wildman–Crippen MR) is 64.6 cm³/mol. The Kier molecular flexibility index (Phi) is 5.77. The van der Waals surface area contributed by atoms with Gasteiger partial charge in [0, 0.05) is 25.7 Å². The van der Waals surface area contributed by atoms with Crippen molar-refractivity contribution in [3.63, 3.8) is 0 Å². The van der Waals surface area contributed by atoms with Gasteiger partial charge in [-0.15, -0.1) is 0 Å². The van der Waals surface area contributed by atoms with Crippen molar-refractivity contribution in [2.45, 2.75) is 38.1 Å². The van der Waals surface area contributed by atoms with E-state index in [9.17, 15) is 4.79 Å². The second-order valence-electron chi connectivity index (χ2n) is 4.92. The van der Waals surface area contributed by atoms with E-state index in [4.69, 9.17) is 5.11 Å². The van der Waals surface area contributed by atoms with Crippen molar-refractivity contribution in [2.24, 2.45) is 0 Å². The number of nitrogens with zero attached hydrogens (tertiary/aromatic N) is 2. The lowest BCUT2D eigenvalue weighted by atomic mass is 10.2. The maximum atomic E-state index is 10.6. The van der Waals surface area contributed by atoms with E-state index < -0.39 is 5.97 Å². The number of rotatable bonds is 7. The summed E-state index contributed by atoms with van der Waals surface area (Å²) in [4.78, 5) is 15.1. The average Bonchev–Trinajstić information content (AvgIpc) is 2.70. The molecule has 0 radical (unpaired) electrons. The van der Waals surface area contributed by atoms with Crippen molar-refractivity contribution in [1.82, 2.24) is 9.80 Å². The fourth-order valence-corrected chi connectivity index (χ4v) is 2.31. The highest BCUT2D eigenvalue weighted by Gasteiger charge is 2.22. The quantitative estimate of drug-likeness (QED) is 0.712. The first-order valence-electron chi connectivity index (χ1n) is 6.20. The van der Waals surface area contributed by atoms with Crippen molar-refractivity contribution >= 4 is 5.97 Å². The van der Waals surface area contributed by atoms with E-state index in [2.05, 4.69) is 23.9 Å². The molecule has 0 heterocycles. The van der Waals surface area contributed by atoms with Crippen LogP contribution in [0.15, 0.2) is 0 Å². The van der Waals surface area contributed by atoms with Crippen molar-refractivity contribution < 1.29 is 9.90 Å². The van der Waals surface area contributed by atoms with Gasteiger partial charge in [0.1, 0.15) is 0 Å². The molecule has 4 heteroatoms. The highest BCUT2D eigenvalue weighted by molar-refractivity contribution is 5.66. The van der Waals surface area contributed by atoms with Crippen LogP contribution in [0.5, 0.6) is 0 Å². The summed E-state index contributed by atoms with van der Waals surface area (Å²) in [5, 5.41) is 8.75. The monoisotopic (exact) mass is 228 g/mol. The van der Waals surface area contributed by atoms with Gasteiger partial charge in [-0.3, -0.25) is 9.69 Å². The Morgan fingerprint density at radius 2 is 1.81 bits per heavy atom. The molecule has 0 aromatic rings. The van der Waals surface area contributed by atoms with Gasteiger partial charge in [-0.25, -0.2) is 0 Å². The van der Waals surface area contributed by atoms with Gasteiger partial charge in [0.25, 0.3) is 0 Å². The van der Waals surface area contributed by atoms with Crippen molar-refractivity contribution in [3.8, 4) is 0 Å². The highest BCUT2D eigenvalue weighted by Crippen LogP contribution is 2.23. The zero-order valence-corrected chi connectivity index (χ0v) is 10.5. The molecule has 1 rings (SSSR count). The Hall–Kier alpha value is -0.610. The summed E-state index contributed by atoms with van der Waals surface area (Å²) in [6, 6.07) is 0.624. The summed E-state index contributed by atoms with van der Waals surface area (Å²) in [6.45, 7) is 2.70. The van der Waals surface area contributed by atoms with E-state index >= 15 is 0 Å². The number of carboxylic acids is 1. The van der Waals surface area contributed by atoms with Crippen molar-refractivity contribution in [1.29, 1.82) is 0 Å². The molecule has 1 saturated carbocycles. The van der Waals surface area contributed by atoms with Crippen molar-refractivity contribution in [2.75, 3.05) is 33.7 Å². The molecule has 0 aliphatic heterocycles. The number of likely N-dealkylation sites (N-methyl/N-ethyl adjacent to an activating group) is 1. The lowest BCUT2D eigenvalue weighted by Crippen LogP contribution is -2.39. The maximum absolute atomic E-state index is 10.6. The first-order chi connectivity index (χ1) is 7.59. The van der Waals surface area contributed by atoms with Gasteiger partial charge in [0.2, 0.25) is 0 Å². The highest BCUT2D eigenvalue weighted by atomic mass is 16.4. The third-order valence-electron chi connectivity index (χ3n) is 3.29. The molecular formula is C12H24N2O2. The minimum absolute atomic E-state index is 0.268. The third-order valence-corrected chi connectivity index (χ3v) is 3.29. The van der Waals surface area contributed by atoms with Crippen molar-refractivity contribution in [3.05, 3.63) is 0 Å². The van der Waals surface area contributed by atoms with E-state index in [1.165, 1.54) is 25.7 Å². The van der Waals surface area contributed by atoms with Crippen LogP contribution in [-0.2, 0) is 4.79 Å². The van der Waals surface area contributed by atoms with Crippen LogP contribution < -0.4 is 0 Å². The molecule has 1 N–H and O–H groups in total. The molecule has 0 saturated heterocycles. The largest absolute Gasteiger partial charge is 0.481 e. The Morgan fingerprint density at radius 3 is 2.31 bits per heavy atom. The van der Waals surface area contributed by atoms with Crippen LogP contribution in [0.1, 0.15) is 32.1 Å². The Morgan fingerprint density at radius 1 is 1.19 bits per heavy atom. The lowest BCUT2D eigenvalue weighted by Gasteiger charge is -2.29. The summed E-state index contributed by atoms with van der Waals surface area (Å²) in [5.74, 6) is -0.687. The summed E-state index contributed by atoms with van der Waals surface area (Å²) in [5.41, 5.74) is 0. The molecule has 1 aliphatic carbocycles. The Balaban J connectivity index is 2.36. The van der Waals surface area contributed by atoms with Gasteiger partial charge in [0.05, 0.1) is 6.42 Å². The first-order valence-corrected chi connectivity index (χ1v) is 6.20. The van der Waals surface area contributed by atoms with E-state index in [0.717, 1.165) is 13.1 Å². The van der Waals surface area contributed by atoms with Crippen LogP contribution in [0.4, 0.5) is 0 Å². The zero-order chi connectivity index (χ0) is 12.0. The van der Waals surface area contributed by atoms with E-state index in [1.807, 2.05) is 0 Å². The van der Waals surface area contributed by atoms with Gasteiger partial charge in [0.15, 0.2) is 0 Å². The molecule has 1 fully saturated rings. The molecule has 0 aromatic heterocycles. The molecule has 0 unspecified atom stereocenters. The molecule has 4 nitrogen and oxygen atoms in total. The smallest absolute Gasteiger partial charge is 0.304 e. The zero-order valence-electron chi connectivity index (χ0n) is 10.5. The Labute approximate surface area is 98.2 Å². The minimum atomic E-state index is -0.687. The van der Waals surface area contributed by atoms with Gasteiger partial charge < -0.3 is 10.0 Å². The summed E-state index contributed by atoms with van der Waals surface area (Å²) in [7, 11) is 4.12. The molecule has 0 aromatic carbocycles. The number of carboxylic acid groups (broad SMARTS) is 1. The second kappa shape index (κ2) is 6.86. The maximum Gasteiger partial charge on any atom is 0.304 e. The second-order valence-corrected chi connectivity index (χ2v) is 4.92. The van der Waals surface area contributed by atoms with E-state index in [-0.39, 0.29) is 6.42 Å². The number of hydrogen-bond donors (Lipinski definition) is 1. The molecule has 0 bridgehead atoms. The fourth-order valence-electron chi connectivity index (χ4n) is 2.31. The summed E-state index contributed by atoms with van der Waals surface area (Å²) < 4.78 is 0. The number of aliphatic carboxylic acids is 1. The van der Waals surface area contributed by atoms with Crippen LogP contribution in [-0.4, -0.2) is 60.6 Å². The van der Waals surface area contributed by atoms with E-state index in [1.54, 1.807) is 0 Å². The lowest BCUT2D eigenvalue weighted by molar-refractivity contribution is -0.137. The van der Waals surface area contributed by atoms with Gasteiger partial charge in [-0.2, -0.15) is 0 Å². The van der Waals surface area contributed by atoms with Gasteiger partial charge >= 0.3 is 5.97 Å². The average molecular weight is 228 g/mol. The molecule has 94 valence electrons. The third kappa shape index (κ3) is 4.94. The Bertz CT molecular complexity index is 213. The van der Waals surface area contributed by atoms with Gasteiger partial charge in [-0.1, -0.05) is 12.8 Å². The van der Waals surface area contributed by atoms with Crippen LogP contribution in [0, 0.1) is 0 Å². The fraction of sp³-hybridized carbons (Fsp3) is 0.917. The van der Waals surface area contributed by atoms with E-state index in [0.29, 0.717) is 12.6 Å². The SMILES string of the molecule is CN(C)CCN(CCC(=O)O)C1CCCC1. The minimum Gasteiger partial charge on any atom is -0.481 e. The number of carbonyl (C=O) groups is 1. The molecular weight excluding hydrogens is 204 g/mol. The molecule has 1 aliphatic rings. The topological polar surface area (TPSA) is 43.8 Å². The van der Waals surface area contributed by atoms with Gasteiger partial charge in [-0.05, 0) is 26.9 Å². The standard InChI is InChI=1S/C12H24N2O2/c1-13(2)9-10-14(8-7-12(15)16)11-5-3-4-6-11/h11H,3-10H2,1-2H3,(H,15,16). The first kappa shape index (κ1) is 13.5. The molecule has 0 atom stereocenters. The molecule has 0 amide bonds. The van der Waals surface area contributed by atoms with Crippen LogP contribution >= 0.6 is 0 Å².